The number of nitrogens with zero attached hydrogens (tertiary/aromatic N) is 2. The summed E-state index contributed by atoms with van der Waals surface area (Å²) in [6, 6.07) is 7.10. The Balaban J connectivity index is 1.78. The van der Waals surface area contributed by atoms with Gasteiger partial charge in [0.05, 0.1) is 22.6 Å². The summed E-state index contributed by atoms with van der Waals surface area (Å²) in [6.45, 7) is 2.38. The van der Waals surface area contributed by atoms with Crippen molar-refractivity contribution in [2.24, 2.45) is 0 Å². The number of halogens is 4. The summed E-state index contributed by atoms with van der Waals surface area (Å²) in [5, 5.41) is 4.43. The fourth-order valence-corrected chi connectivity index (χ4v) is 5.04. The third-order valence-electron chi connectivity index (χ3n) is 4.98. The Kier molecular flexibility index (Phi) is 5.60. The molecule has 168 valence electrons. The molecule has 0 aliphatic carbocycles. The number of rotatable bonds is 5. The van der Waals surface area contributed by atoms with Crippen LogP contribution >= 0.6 is 11.3 Å². The van der Waals surface area contributed by atoms with Gasteiger partial charge in [0.25, 0.3) is 0 Å². The van der Waals surface area contributed by atoms with E-state index in [1.165, 1.54) is 29.5 Å². The van der Waals surface area contributed by atoms with Gasteiger partial charge in [-0.05, 0) is 61.2 Å². The van der Waals surface area contributed by atoms with Gasteiger partial charge in [0.15, 0.2) is 0 Å². The molecule has 0 bridgehead atoms. The van der Waals surface area contributed by atoms with Gasteiger partial charge < -0.3 is 4.57 Å². The molecule has 3 aromatic heterocycles. The predicted octanol–water partition coefficient (Wildman–Crippen LogP) is 5.43. The molecule has 32 heavy (non-hydrogen) atoms. The van der Waals surface area contributed by atoms with E-state index in [0.717, 1.165) is 24.3 Å². The zero-order chi connectivity index (χ0) is 23.3. The summed E-state index contributed by atoms with van der Waals surface area (Å²) in [7, 11) is -4.42. The van der Waals surface area contributed by atoms with Crippen LogP contribution in [0.1, 0.15) is 12.5 Å². The van der Waals surface area contributed by atoms with Crippen molar-refractivity contribution in [3.05, 3.63) is 64.7 Å². The zero-order valence-corrected chi connectivity index (χ0v) is 18.4. The highest BCUT2D eigenvalue weighted by atomic mass is 32.2. The van der Waals surface area contributed by atoms with Gasteiger partial charge >= 0.3 is 6.18 Å². The molecule has 0 saturated heterocycles. The molecule has 0 amide bonds. The number of hydrogen-bond donors (Lipinski definition) is 1. The first-order chi connectivity index (χ1) is 15.0. The molecule has 0 aliphatic heterocycles. The van der Waals surface area contributed by atoms with Gasteiger partial charge in [0.2, 0.25) is 10.0 Å². The van der Waals surface area contributed by atoms with Crippen LogP contribution in [0.4, 0.5) is 17.6 Å². The Labute approximate surface area is 185 Å². The number of fused-ring (bicyclic) bond motifs is 1. The summed E-state index contributed by atoms with van der Waals surface area (Å²) < 4.78 is 80.5. The highest BCUT2D eigenvalue weighted by Crippen LogP contribution is 2.33. The number of hydrogen-bond acceptors (Lipinski definition) is 4. The van der Waals surface area contributed by atoms with Gasteiger partial charge in [-0.1, -0.05) is 0 Å². The van der Waals surface area contributed by atoms with Crippen LogP contribution in [0.5, 0.6) is 0 Å². The van der Waals surface area contributed by atoms with Crippen molar-refractivity contribution in [2.45, 2.75) is 31.0 Å². The number of aromatic nitrogens is 2. The Bertz CT molecular complexity index is 1380. The largest absolute Gasteiger partial charge is 0.404 e. The Hall–Kier alpha value is -2.76. The van der Waals surface area contributed by atoms with Gasteiger partial charge in [-0.25, -0.2) is 12.8 Å². The van der Waals surface area contributed by atoms with Crippen molar-refractivity contribution in [1.82, 2.24) is 14.3 Å². The SMILES string of the molecule is Cc1cc2c(cc1F)cc(-c1ccc(S(=O)(=O)N[C@@H](C)C(F)(F)F)cn1)n2-c1ccsc1. The third kappa shape index (κ3) is 4.15. The van der Waals surface area contributed by atoms with Crippen molar-refractivity contribution >= 4 is 32.3 Å². The lowest BCUT2D eigenvalue weighted by molar-refractivity contribution is -0.147. The normalized spacial score (nSPS) is 13.6. The van der Waals surface area contributed by atoms with E-state index in [4.69, 9.17) is 0 Å². The maximum Gasteiger partial charge on any atom is 0.404 e. The first kappa shape index (κ1) is 22.4. The van der Waals surface area contributed by atoms with Gasteiger partial charge in [0, 0.05) is 17.0 Å². The lowest BCUT2D eigenvalue weighted by Gasteiger charge is -2.17. The van der Waals surface area contributed by atoms with Gasteiger partial charge in [0.1, 0.15) is 16.8 Å². The second-order valence-electron chi connectivity index (χ2n) is 7.27. The average Bonchev–Trinajstić information content (AvgIpc) is 3.35. The minimum atomic E-state index is -4.71. The van der Waals surface area contributed by atoms with Crippen LogP contribution in [-0.4, -0.2) is 30.2 Å². The molecule has 0 spiro atoms. The summed E-state index contributed by atoms with van der Waals surface area (Å²) in [5.74, 6) is -0.356. The Morgan fingerprint density at radius 2 is 1.91 bits per heavy atom. The third-order valence-corrected chi connectivity index (χ3v) is 7.18. The first-order valence-corrected chi connectivity index (χ1v) is 11.8. The lowest BCUT2D eigenvalue weighted by Crippen LogP contribution is -2.42. The second-order valence-corrected chi connectivity index (χ2v) is 9.76. The number of aryl methyl sites for hydroxylation is 1. The number of thiophene rings is 1. The average molecular weight is 484 g/mol. The predicted molar refractivity (Wildman–Crippen MR) is 115 cm³/mol. The van der Waals surface area contributed by atoms with Crippen molar-refractivity contribution in [2.75, 3.05) is 0 Å². The highest BCUT2D eigenvalue weighted by molar-refractivity contribution is 7.89. The molecule has 11 heteroatoms. The van der Waals surface area contributed by atoms with Crippen LogP contribution in [-0.2, 0) is 10.0 Å². The standard InChI is InChI=1S/C21H17F4N3O2S2/c1-12-7-19-14(8-17(12)22)9-20(28(19)15-5-6-31-11-15)18-4-3-16(10-26-18)32(29,30)27-13(2)21(23,24)25/h3-11,13,27H,1-2H3/t13-/m0/s1. The fourth-order valence-electron chi connectivity index (χ4n) is 3.24. The minimum absolute atomic E-state index is 0.356. The van der Waals surface area contributed by atoms with Crippen molar-refractivity contribution in [3.8, 4) is 17.1 Å². The second kappa shape index (κ2) is 7.98. The van der Waals surface area contributed by atoms with Gasteiger partial charge in [-0.3, -0.25) is 4.98 Å². The molecule has 1 atom stereocenters. The highest BCUT2D eigenvalue weighted by Gasteiger charge is 2.39. The fraction of sp³-hybridized carbons (Fsp3) is 0.190. The van der Waals surface area contributed by atoms with E-state index in [1.54, 1.807) is 23.8 Å². The molecular formula is C21H17F4N3O2S2. The van der Waals surface area contributed by atoms with E-state index in [9.17, 15) is 26.0 Å². The number of alkyl halides is 3. The Morgan fingerprint density at radius 1 is 1.16 bits per heavy atom. The van der Waals surface area contributed by atoms with E-state index in [0.29, 0.717) is 22.3 Å². The molecule has 0 aliphatic rings. The topological polar surface area (TPSA) is 64.0 Å². The lowest BCUT2D eigenvalue weighted by atomic mass is 10.1. The van der Waals surface area contributed by atoms with Crippen molar-refractivity contribution in [1.29, 1.82) is 0 Å². The number of sulfonamides is 1. The van der Waals surface area contributed by atoms with Crippen LogP contribution in [0.25, 0.3) is 28.0 Å². The van der Waals surface area contributed by atoms with Crippen molar-refractivity contribution in [3.63, 3.8) is 0 Å². The Morgan fingerprint density at radius 3 is 2.50 bits per heavy atom. The maximum atomic E-state index is 14.1. The van der Waals surface area contributed by atoms with E-state index < -0.39 is 27.1 Å². The molecule has 3 heterocycles. The zero-order valence-electron chi connectivity index (χ0n) is 16.8. The maximum absolute atomic E-state index is 14.1. The van der Waals surface area contributed by atoms with Crippen molar-refractivity contribution < 1.29 is 26.0 Å². The molecule has 0 unspecified atom stereocenters. The quantitative estimate of drug-likeness (QED) is 0.385. The van der Waals surface area contributed by atoms with E-state index in [2.05, 4.69) is 4.98 Å². The van der Waals surface area contributed by atoms with E-state index in [-0.39, 0.29) is 5.82 Å². The molecule has 0 radical (unpaired) electrons. The molecule has 1 N–H and O–H groups in total. The van der Waals surface area contributed by atoms with Crippen LogP contribution < -0.4 is 4.72 Å². The monoisotopic (exact) mass is 483 g/mol. The molecule has 0 fully saturated rings. The first-order valence-electron chi connectivity index (χ1n) is 9.37. The molecule has 4 rings (SSSR count). The summed E-state index contributed by atoms with van der Waals surface area (Å²) >= 11 is 1.48. The smallest absolute Gasteiger partial charge is 0.307 e. The van der Waals surface area contributed by atoms with Gasteiger partial charge in [-0.15, -0.1) is 0 Å². The van der Waals surface area contributed by atoms with Crippen LogP contribution in [0.2, 0.25) is 0 Å². The summed E-state index contributed by atoms with van der Waals surface area (Å²) in [6.07, 6.45) is -3.71. The summed E-state index contributed by atoms with van der Waals surface area (Å²) in [4.78, 5) is 3.79. The number of pyridine rings is 1. The van der Waals surface area contributed by atoms with E-state index >= 15 is 0 Å². The molecule has 4 aromatic rings. The minimum Gasteiger partial charge on any atom is -0.307 e. The van der Waals surface area contributed by atoms with Crippen LogP contribution in [0.3, 0.4) is 0 Å². The number of nitrogens with one attached hydrogen (secondary N) is 1. The molecule has 1 aromatic carbocycles. The number of benzene rings is 1. The van der Waals surface area contributed by atoms with E-state index in [1.807, 2.05) is 21.4 Å². The van der Waals surface area contributed by atoms with Gasteiger partial charge in [-0.2, -0.15) is 29.2 Å². The molecule has 0 saturated carbocycles. The van der Waals surface area contributed by atoms with Crippen LogP contribution in [0, 0.1) is 12.7 Å². The summed E-state index contributed by atoms with van der Waals surface area (Å²) in [5.41, 5.74) is 3.01. The molecular weight excluding hydrogens is 466 g/mol. The molecule has 5 nitrogen and oxygen atoms in total. The van der Waals surface area contributed by atoms with Crippen LogP contribution in [0.15, 0.2) is 58.3 Å².